The van der Waals surface area contributed by atoms with E-state index < -0.39 is 0 Å². The number of nitrogens with one attached hydrogen (secondary N) is 1. The highest BCUT2D eigenvalue weighted by atomic mass is 16.5. The van der Waals surface area contributed by atoms with Gasteiger partial charge in [0.05, 0.1) is 17.8 Å². The maximum absolute atomic E-state index is 9.72. The van der Waals surface area contributed by atoms with Crippen LogP contribution in [0, 0.1) is 0 Å². The minimum atomic E-state index is -0.0457. The Morgan fingerprint density at radius 3 is 2.93 bits per heavy atom. The summed E-state index contributed by atoms with van der Waals surface area (Å²) in [4.78, 5) is 0. The smallest absolute Gasteiger partial charge is 0.138 e. The summed E-state index contributed by atoms with van der Waals surface area (Å²) >= 11 is 0. The molecule has 0 bridgehead atoms. The lowest BCUT2D eigenvalue weighted by Crippen LogP contribution is -2.40. The minimum absolute atomic E-state index is 0.0457. The lowest BCUT2D eigenvalue weighted by Gasteiger charge is -2.27. The van der Waals surface area contributed by atoms with Gasteiger partial charge in [0, 0.05) is 7.11 Å². The Morgan fingerprint density at radius 1 is 1.53 bits per heavy atom. The molecule has 3 nitrogen and oxygen atoms in total. The largest absolute Gasteiger partial charge is 0.506 e. The first-order chi connectivity index (χ1) is 7.21. The van der Waals surface area contributed by atoms with Gasteiger partial charge < -0.3 is 15.2 Å². The molecule has 0 aromatic heterocycles. The Balaban J connectivity index is 2.31. The first-order valence-electron chi connectivity index (χ1n) is 5.29. The Bertz CT molecular complexity index is 365. The second kappa shape index (κ2) is 3.74. The fraction of sp³-hybridized carbons (Fsp3) is 0.500. The number of hydrogen-bond acceptors (Lipinski definition) is 3. The minimum Gasteiger partial charge on any atom is -0.506 e. The predicted octanol–water partition coefficient (Wildman–Crippen LogP) is 2.16. The molecule has 1 aromatic rings. The van der Waals surface area contributed by atoms with Crippen molar-refractivity contribution in [2.75, 3.05) is 19.0 Å². The Kier molecular flexibility index (Phi) is 2.57. The summed E-state index contributed by atoms with van der Waals surface area (Å²) in [5.74, 6) is 0.332. The topological polar surface area (TPSA) is 41.5 Å². The molecule has 82 valence electrons. The Morgan fingerprint density at radius 2 is 2.33 bits per heavy atom. The maximum Gasteiger partial charge on any atom is 0.138 e. The zero-order valence-corrected chi connectivity index (χ0v) is 9.21. The van der Waals surface area contributed by atoms with Crippen molar-refractivity contribution in [2.24, 2.45) is 0 Å². The van der Waals surface area contributed by atoms with Crippen molar-refractivity contribution >= 4 is 5.69 Å². The fourth-order valence-corrected chi connectivity index (χ4v) is 2.23. The summed E-state index contributed by atoms with van der Waals surface area (Å²) in [5.41, 5.74) is 2.00. The third-order valence-electron chi connectivity index (χ3n) is 3.15. The molecule has 2 N–H and O–H groups in total. The van der Waals surface area contributed by atoms with Crippen molar-refractivity contribution in [2.45, 2.75) is 25.3 Å². The van der Waals surface area contributed by atoms with E-state index in [9.17, 15) is 5.11 Å². The summed E-state index contributed by atoms with van der Waals surface area (Å²) < 4.78 is 5.25. The van der Waals surface area contributed by atoms with Crippen LogP contribution >= 0.6 is 0 Å². The summed E-state index contributed by atoms with van der Waals surface area (Å²) in [6, 6.07) is 5.65. The number of rotatable bonds is 3. The molecule has 1 aliphatic heterocycles. The number of aromatic hydroxyl groups is 1. The van der Waals surface area contributed by atoms with Gasteiger partial charge >= 0.3 is 0 Å². The van der Waals surface area contributed by atoms with Crippen LogP contribution in [0.15, 0.2) is 18.2 Å². The SMILES string of the molecule is CCC1(COC)Cc2cccc(O)c2N1. The average Bonchev–Trinajstić information content (AvgIpc) is 2.59. The molecule has 15 heavy (non-hydrogen) atoms. The Hall–Kier alpha value is -1.22. The highest BCUT2D eigenvalue weighted by Crippen LogP contribution is 2.39. The van der Waals surface area contributed by atoms with E-state index in [2.05, 4.69) is 18.3 Å². The van der Waals surface area contributed by atoms with Crippen LogP contribution in [0.3, 0.4) is 0 Å². The zero-order valence-electron chi connectivity index (χ0n) is 9.21. The standard InChI is InChI=1S/C12H17NO2/c1-3-12(8-15-2)7-9-5-4-6-10(14)11(9)13-12/h4-6,13-14H,3,7-8H2,1-2H3. The highest BCUT2D eigenvalue weighted by molar-refractivity contribution is 5.67. The van der Waals surface area contributed by atoms with Crippen molar-refractivity contribution < 1.29 is 9.84 Å². The van der Waals surface area contributed by atoms with Crippen LogP contribution in [-0.4, -0.2) is 24.4 Å². The van der Waals surface area contributed by atoms with Gasteiger partial charge in [-0.15, -0.1) is 0 Å². The van der Waals surface area contributed by atoms with E-state index in [-0.39, 0.29) is 5.54 Å². The van der Waals surface area contributed by atoms with Gasteiger partial charge in [0.2, 0.25) is 0 Å². The molecule has 0 amide bonds. The van der Waals surface area contributed by atoms with Crippen LogP contribution < -0.4 is 5.32 Å². The lowest BCUT2D eigenvalue weighted by molar-refractivity contribution is 0.143. The number of anilines is 1. The van der Waals surface area contributed by atoms with Gasteiger partial charge in [-0.1, -0.05) is 19.1 Å². The first kappa shape index (κ1) is 10.3. The maximum atomic E-state index is 9.72. The van der Waals surface area contributed by atoms with E-state index in [1.165, 1.54) is 5.56 Å². The molecule has 1 aromatic carbocycles. The van der Waals surface area contributed by atoms with Gasteiger partial charge in [-0.05, 0) is 24.5 Å². The summed E-state index contributed by atoms with van der Waals surface area (Å²) in [6.45, 7) is 2.80. The zero-order chi connectivity index (χ0) is 10.9. The molecule has 0 fully saturated rings. The van der Waals surface area contributed by atoms with Crippen molar-refractivity contribution in [1.82, 2.24) is 0 Å². The van der Waals surface area contributed by atoms with Crippen molar-refractivity contribution in [3.63, 3.8) is 0 Å². The number of benzene rings is 1. The molecule has 3 heteroatoms. The molecule has 1 aliphatic rings. The summed E-state index contributed by atoms with van der Waals surface area (Å²) in [5, 5.41) is 13.1. The average molecular weight is 207 g/mol. The van der Waals surface area contributed by atoms with Gasteiger partial charge in [-0.2, -0.15) is 0 Å². The van der Waals surface area contributed by atoms with Gasteiger partial charge in [0.15, 0.2) is 0 Å². The molecule has 1 heterocycles. The molecule has 2 rings (SSSR count). The van der Waals surface area contributed by atoms with E-state index in [1.54, 1.807) is 13.2 Å². The molecule has 1 unspecified atom stereocenters. The van der Waals surface area contributed by atoms with E-state index in [0.717, 1.165) is 18.5 Å². The monoisotopic (exact) mass is 207 g/mol. The van der Waals surface area contributed by atoms with Crippen LogP contribution in [0.25, 0.3) is 0 Å². The predicted molar refractivity (Wildman–Crippen MR) is 60.3 cm³/mol. The summed E-state index contributed by atoms with van der Waals surface area (Å²) in [6.07, 6.45) is 1.90. The second-order valence-electron chi connectivity index (χ2n) is 4.18. The van der Waals surface area contributed by atoms with Crippen LogP contribution in [0.4, 0.5) is 5.69 Å². The molecule has 0 saturated carbocycles. The second-order valence-corrected chi connectivity index (χ2v) is 4.18. The fourth-order valence-electron chi connectivity index (χ4n) is 2.23. The molecular formula is C12H17NO2. The number of para-hydroxylation sites is 1. The summed E-state index contributed by atoms with van der Waals surface area (Å²) in [7, 11) is 1.71. The third kappa shape index (κ3) is 1.67. The molecule has 0 aliphatic carbocycles. The van der Waals surface area contributed by atoms with E-state index in [0.29, 0.717) is 12.4 Å². The van der Waals surface area contributed by atoms with Gasteiger partial charge in [0.25, 0.3) is 0 Å². The van der Waals surface area contributed by atoms with E-state index in [4.69, 9.17) is 4.74 Å². The molecular weight excluding hydrogens is 190 g/mol. The molecule has 1 atom stereocenters. The van der Waals surface area contributed by atoms with Gasteiger partial charge in [-0.3, -0.25) is 0 Å². The number of hydrogen-bond donors (Lipinski definition) is 2. The Labute approximate surface area is 90.1 Å². The molecule has 0 radical (unpaired) electrons. The van der Waals surface area contributed by atoms with Gasteiger partial charge in [0.1, 0.15) is 5.75 Å². The van der Waals surface area contributed by atoms with Crippen LogP contribution in [0.1, 0.15) is 18.9 Å². The van der Waals surface area contributed by atoms with Crippen LogP contribution in [-0.2, 0) is 11.2 Å². The van der Waals surface area contributed by atoms with Crippen molar-refractivity contribution in [3.8, 4) is 5.75 Å². The van der Waals surface area contributed by atoms with E-state index in [1.807, 2.05) is 6.07 Å². The number of phenolic OH excluding ortho intramolecular Hbond substituents is 1. The number of ether oxygens (including phenoxy) is 1. The third-order valence-corrected chi connectivity index (χ3v) is 3.15. The van der Waals surface area contributed by atoms with Crippen molar-refractivity contribution in [1.29, 1.82) is 0 Å². The van der Waals surface area contributed by atoms with Crippen LogP contribution in [0.5, 0.6) is 5.75 Å². The lowest BCUT2D eigenvalue weighted by atomic mass is 9.93. The molecule has 0 spiro atoms. The normalized spacial score (nSPS) is 23.6. The van der Waals surface area contributed by atoms with E-state index >= 15 is 0 Å². The highest BCUT2D eigenvalue weighted by Gasteiger charge is 2.36. The van der Waals surface area contributed by atoms with Gasteiger partial charge in [-0.25, -0.2) is 0 Å². The van der Waals surface area contributed by atoms with Crippen molar-refractivity contribution in [3.05, 3.63) is 23.8 Å². The molecule has 0 saturated heterocycles. The quantitative estimate of drug-likeness (QED) is 0.746. The number of methoxy groups -OCH3 is 1. The van der Waals surface area contributed by atoms with Crippen LogP contribution in [0.2, 0.25) is 0 Å². The number of phenols is 1. The first-order valence-corrected chi connectivity index (χ1v) is 5.29. The number of fused-ring (bicyclic) bond motifs is 1.